The van der Waals surface area contributed by atoms with Gasteiger partial charge in [0, 0.05) is 24.5 Å². The lowest BCUT2D eigenvalue weighted by atomic mass is 9.76. The highest BCUT2D eigenvalue weighted by molar-refractivity contribution is 6.25. The predicted octanol–water partition coefficient (Wildman–Crippen LogP) is 7.86. The number of anilines is 2. The molecule has 0 radical (unpaired) electrons. The second-order valence-electron chi connectivity index (χ2n) is 25.1. The number of hydrogen-bond donors (Lipinski definition) is 2. The maximum Gasteiger partial charge on any atom is 0.342 e. The van der Waals surface area contributed by atoms with Crippen LogP contribution in [-0.2, 0) is 96.6 Å². The Morgan fingerprint density at radius 3 is 1.22 bits per heavy atom. The number of aromatic nitrogens is 6. The first-order valence-corrected chi connectivity index (χ1v) is 32.3. The molecule has 0 spiro atoms. The molecular weight excluding hydrogens is 1280 g/mol. The fourth-order valence-corrected chi connectivity index (χ4v) is 12.7. The van der Waals surface area contributed by atoms with Gasteiger partial charge < -0.3 is 58.0 Å². The molecule has 26 nitrogen and oxygen atoms in total. The summed E-state index contributed by atoms with van der Waals surface area (Å²) in [6.07, 6.45) is 1.36. The van der Waals surface area contributed by atoms with Crippen molar-refractivity contribution in [2.45, 2.75) is 114 Å². The van der Waals surface area contributed by atoms with Crippen LogP contribution in [0.1, 0.15) is 82.1 Å². The van der Waals surface area contributed by atoms with E-state index in [1.807, 2.05) is 84.9 Å². The first kappa shape index (κ1) is 67.6. The minimum Gasteiger partial charge on any atom is -0.497 e. The summed E-state index contributed by atoms with van der Waals surface area (Å²) in [4.78, 5) is 91.9. The van der Waals surface area contributed by atoms with Crippen molar-refractivity contribution in [3.63, 3.8) is 0 Å². The molecule has 6 heterocycles. The minimum atomic E-state index is -2.42. The fraction of sp³-hybridized carbons (Fsp3) is 0.297. The standard InChI is InChI=1S/C74H72N10O16/c1-71(2)95-45-61(97-71)63-73(67(87)75-37-47-19-9-7-10-20-47,69(89)83(63)53-29-33-55(91-5)34-30-53)99-65(85)57-25-15-17-27-59(57)81-39-51(77-79-81)43-93-41-49-23-13-14-24-50(49)42-94-44-52-40-82(80-78-52)60-28-18-16-26-58(60)66(86)100-74(68(88)76-38-48-21-11-8-12-22-48)64(62-46-96-72(3,4)98-62)84(70(74)90)54-31-35-56(92-6)36-32-54/h7-36,39-40,61-64H,37-38,41-46H2,1-6H3,(H,75,87)(H,76,88)/t61-,62-,63+,64+,73+,74+/m1/s1. The van der Waals surface area contributed by atoms with Crippen LogP contribution in [0.15, 0.2) is 194 Å². The molecule has 7 aromatic carbocycles. The van der Waals surface area contributed by atoms with E-state index in [1.54, 1.807) is 125 Å². The smallest absolute Gasteiger partial charge is 0.342 e. The monoisotopic (exact) mass is 1360 g/mol. The zero-order valence-electron chi connectivity index (χ0n) is 55.6. The van der Waals surface area contributed by atoms with Gasteiger partial charge in [0.25, 0.3) is 34.8 Å². The number of hydrogen-bond acceptors (Lipinski definition) is 20. The molecule has 4 aliphatic heterocycles. The van der Waals surface area contributed by atoms with E-state index in [0.717, 1.165) is 22.3 Å². The van der Waals surface area contributed by atoms with E-state index >= 15 is 0 Å². The molecule has 6 atom stereocenters. The molecule has 100 heavy (non-hydrogen) atoms. The zero-order valence-corrected chi connectivity index (χ0v) is 55.6. The second kappa shape index (κ2) is 28.5. The van der Waals surface area contributed by atoms with E-state index in [2.05, 4.69) is 31.3 Å². The molecule has 4 amide bonds. The predicted molar refractivity (Wildman–Crippen MR) is 357 cm³/mol. The van der Waals surface area contributed by atoms with E-state index in [-0.39, 0.29) is 75.2 Å². The zero-order chi connectivity index (χ0) is 69.8. The average molecular weight is 1360 g/mol. The maximum absolute atomic E-state index is 14.9. The number of esters is 2. The van der Waals surface area contributed by atoms with Gasteiger partial charge in [-0.05, 0) is 123 Å². The van der Waals surface area contributed by atoms with Crippen molar-refractivity contribution in [3.05, 3.63) is 239 Å². The molecule has 0 bridgehead atoms. The van der Waals surface area contributed by atoms with Crippen LogP contribution in [0.2, 0.25) is 0 Å². The van der Waals surface area contributed by atoms with Gasteiger partial charge in [-0.3, -0.25) is 29.0 Å². The van der Waals surface area contributed by atoms with Crippen LogP contribution in [0.3, 0.4) is 0 Å². The van der Waals surface area contributed by atoms with Crippen molar-refractivity contribution >= 4 is 46.9 Å². The summed E-state index contributed by atoms with van der Waals surface area (Å²) >= 11 is 0. The van der Waals surface area contributed by atoms with Crippen molar-refractivity contribution in [2.24, 2.45) is 0 Å². The summed E-state index contributed by atoms with van der Waals surface area (Å²) in [6.45, 7) is 7.19. The number of carbonyl (C=O) groups is 6. The van der Waals surface area contributed by atoms with Crippen molar-refractivity contribution in [2.75, 3.05) is 37.2 Å². The van der Waals surface area contributed by atoms with Gasteiger partial charge in [0.2, 0.25) is 0 Å². The number of carbonyl (C=O) groups excluding carboxylic acids is 6. The second-order valence-corrected chi connectivity index (χ2v) is 25.1. The number of amides is 4. The highest BCUT2D eigenvalue weighted by Crippen LogP contribution is 2.47. The molecule has 0 saturated carbocycles. The van der Waals surface area contributed by atoms with Gasteiger partial charge in [0.05, 0.1) is 88.8 Å². The van der Waals surface area contributed by atoms with Crippen LogP contribution in [0.4, 0.5) is 11.4 Å². The Bertz CT molecular complexity index is 4190. The molecule has 9 aromatic rings. The Hall–Kier alpha value is -11.0. The first-order valence-electron chi connectivity index (χ1n) is 32.3. The normalized spacial score (nSPS) is 21.2. The third kappa shape index (κ3) is 13.5. The summed E-state index contributed by atoms with van der Waals surface area (Å²) < 4.78 is 63.2. The number of nitrogens with zero attached hydrogens (tertiary/aromatic N) is 8. The maximum atomic E-state index is 14.9. The first-order chi connectivity index (χ1) is 48.4. The van der Waals surface area contributed by atoms with Crippen LogP contribution in [0, 0.1) is 0 Å². The van der Waals surface area contributed by atoms with Crippen molar-refractivity contribution in [3.8, 4) is 22.9 Å². The Labute approximate surface area is 574 Å². The largest absolute Gasteiger partial charge is 0.497 e. The lowest BCUT2D eigenvalue weighted by Gasteiger charge is -2.54. The summed E-state index contributed by atoms with van der Waals surface area (Å²) in [5.74, 6) is -6.34. The van der Waals surface area contributed by atoms with Crippen LogP contribution < -0.4 is 29.9 Å². The Kier molecular flexibility index (Phi) is 19.2. The lowest BCUT2D eigenvalue weighted by molar-refractivity contribution is -0.181. The number of para-hydroxylation sites is 2. The quantitative estimate of drug-likeness (QED) is 0.0296. The lowest BCUT2D eigenvalue weighted by Crippen LogP contribution is -2.83. The molecule has 4 fully saturated rings. The number of rotatable bonds is 26. The molecule has 4 aliphatic rings. The Balaban J connectivity index is 0.671. The van der Waals surface area contributed by atoms with Crippen molar-refractivity contribution in [1.29, 1.82) is 0 Å². The molecular formula is C74H72N10O16. The van der Waals surface area contributed by atoms with Gasteiger partial charge >= 0.3 is 11.9 Å². The molecule has 2 N–H and O–H groups in total. The molecule has 514 valence electrons. The van der Waals surface area contributed by atoms with Crippen LogP contribution in [-0.4, -0.2) is 140 Å². The summed E-state index contributed by atoms with van der Waals surface area (Å²) in [5.41, 5.74) is 0.401. The topological polar surface area (TPSA) is 287 Å². The van der Waals surface area contributed by atoms with Gasteiger partial charge in [-0.25, -0.2) is 19.0 Å². The highest BCUT2D eigenvalue weighted by atomic mass is 16.8. The van der Waals surface area contributed by atoms with Crippen LogP contribution in [0.25, 0.3) is 11.4 Å². The molecule has 26 heteroatoms. The fourth-order valence-electron chi connectivity index (χ4n) is 12.7. The molecule has 0 unspecified atom stereocenters. The van der Waals surface area contributed by atoms with Gasteiger partial charge in [-0.2, -0.15) is 0 Å². The minimum absolute atomic E-state index is 0.00547. The number of β-lactam (4-membered cyclic amide) rings is 2. The summed E-state index contributed by atoms with van der Waals surface area (Å²) in [5, 5.41) is 23.1. The van der Waals surface area contributed by atoms with Gasteiger partial charge in [-0.1, -0.05) is 120 Å². The third-order valence-electron chi connectivity index (χ3n) is 17.7. The summed E-state index contributed by atoms with van der Waals surface area (Å²) in [6, 6.07) is 49.8. The number of benzene rings is 7. The van der Waals surface area contributed by atoms with Crippen molar-refractivity contribution in [1.82, 2.24) is 40.6 Å². The number of methoxy groups -OCH3 is 2. The van der Waals surface area contributed by atoms with E-state index in [1.165, 1.54) is 45.5 Å². The Morgan fingerprint density at radius 2 is 0.850 bits per heavy atom. The molecule has 4 saturated heterocycles. The summed E-state index contributed by atoms with van der Waals surface area (Å²) in [7, 11) is 3.05. The number of nitrogens with one attached hydrogen (secondary N) is 2. The average Bonchev–Trinajstić information content (AvgIpc) is 1.03. The molecule has 13 rings (SSSR count). The van der Waals surface area contributed by atoms with Gasteiger partial charge in [0.15, 0.2) is 11.6 Å². The van der Waals surface area contributed by atoms with Crippen LogP contribution in [0.5, 0.6) is 11.5 Å². The molecule has 2 aromatic heterocycles. The molecule has 0 aliphatic carbocycles. The third-order valence-corrected chi connectivity index (χ3v) is 17.7. The van der Waals surface area contributed by atoms with Crippen molar-refractivity contribution < 1.29 is 76.1 Å². The highest BCUT2D eigenvalue weighted by Gasteiger charge is 2.74. The van der Waals surface area contributed by atoms with E-state index in [0.29, 0.717) is 34.3 Å². The van der Waals surface area contributed by atoms with E-state index in [9.17, 15) is 28.8 Å². The van der Waals surface area contributed by atoms with E-state index < -0.39 is 82.6 Å². The van der Waals surface area contributed by atoms with Gasteiger partial charge in [-0.15, -0.1) is 10.2 Å². The van der Waals surface area contributed by atoms with Crippen LogP contribution >= 0.6 is 0 Å². The van der Waals surface area contributed by atoms with Gasteiger partial charge in [0.1, 0.15) is 47.2 Å². The number of ether oxygens (including phenoxy) is 10. The van der Waals surface area contributed by atoms with E-state index in [4.69, 9.17) is 47.4 Å². The Morgan fingerprint density at radius 1 is 0.480 bits per heavy atom. The SMILES string of the molecule is COc1ccc(N2C(=O)[C@@](OC(=O)c3ccccc3-n3cc(COCc4ccccc4COCc4cn(-c5ccccc5C(=O)O[C@@]5(C(=O)NCc6ccccc6)C(=O)N(c6ccc(OC)cc6)[C@H]5[C@H]5COC(C)(C)O5)nn4)nn3)(C(=O)NCc3ccccc3)[C@@H]2[C@H]2COC(C)(C)O2)cc1.